The average Bonchev–Trinajstić information content (AvgIpc) is 3.35. The number of aryl methyl sites for hydroxylation is 1. The monoisotopic (exact) mass is 439 g/mol. The van der Waals surface area contributed by atoms with E-state index in [1.54, 1.807) is 12.4 Å². The smallest absolute Gasteiger partial charge is 0.182 e. The van der Waals surface area contributed by atoms with Gasteiger partial charge >= 0.3 is 0 Å². The van der Waals surface area contributed by atoms with Crippen molar-refractivity contribution in [3.63, 3.8) is 0 Å². The Hall–Kier alpha value is -4.64. The predicted octanol–water partition coefficient (Wildman–Crippen LogP) is 6.52. The van der Waals surface area contributed by atoms with E-state index < -0.39 is 0 Å². The maximum Gasteiger partial charge on any atom is 0.182 e. The highest BCUT2D eigenvalue weighted by molar-refractivity contribution is 5.80. The highest BCUT2D eigenvalue weighted by atomic mass is 15.4. The van der Waals surface area contributed by atoms with E-state index in [1.165, 1.54) is 16.7 Å². The first kappa shape index (κ1) is 20.0. The van der Waals surface area contributed by atoms with E-state index in [2.05, 4.69) is 83.6 Å². The number of rotatable bonds is 4. The van der Waals surface area contributed by atoms with Gasteiger partial charge in [0.1, 0.15) is 0 Å². The van der Waals surface area contributed by atoms with Gasteiger partial charge in [0.2, 0.25) is 0 Å². The van der Waals surface area contributed by atoms with E-state index >= 15 is 0 Å². The molecular formula is C29H21N5. The van der Waals surface area contributed by atoms with Crippen LogP contribution < -0.4 is 0 Å². The zero-order valence-corrected chi connectivity index (χ0v) is 18.6. The van der Waals surface area contributed by atoms with Crippen LogP contribution in [0.15, 0.2) is 109 Å². The summed E-state index contributed by atoms with van der Waals surface area (Å²) in [6.07, 6.45) is 3.40. The molecule has 0 spiro atoms. The molecule has 5 heteroatoms. The van der Waals surface area contributed by atoms with Gasteiger partial charge < -0.3 is 0 Å². The molecule has 0 amide bonds. The minimum absolute atomic E-state index is 0.649. The topological polar surface area (TPSA) is 56.5 Å². The fourth-order valence-corrected chi connectivity index (χ4v) is 4.11. The largest absolute Gasteiger partial charge is 0.253 e. The van der Waals surface area contributed by atoms with Gasteiger partial charge in [-0.25, -0.2) is 9.67 Å². The maximum absolute atomic E-state index is 4.97. The second-order valence-corrected chi connectivity index (χ2v) is 8.21. The molecule has 6 aromatic rings. The van der Waals surface area contributed by atoms with Gasteiger partial charge in [0.15, 0.2) is 11.6 Å². The molecule has 0 bridgehead atoms. The van der Waals surface area contributed by atoms with Crippen LogP contribution in [0.4, 0.5) is 0 Å². The Kier molecular flexibility index (Phi) is 4.92. The van der Waals surface area contributed by atoms with Gasteiger partial charge in [0.25, 0.3) is 0 Å². The molecular weight excluding hydrogens is 418 g/mol. The van der Waals surface area contributed by atoms with Gasteiger partial charge in [-0.15, -0.1) is 5.10 Å². The van der Waals surface area contributed by atoms with Crippen molar-refractivity contribution in [1.82, 2.24) is 24.7 Å². The number of hydrogen-bond acceptors (Lipinski definition) is 4. The highest BCUT2D eigenvalue weighted by Crippen LogP contribution is 2.29. The van der Waals surface area contributed by atoms with Gasteiger partial charge in [0.05, 0.1) is 16.7 Å². The minimum atomic E-state index is 0.649. The Morgan fingerprint density at radius 3 is 2.09 bits per heavy atom. The maximum atomic E-state index is 4.97. The van der Waals surface area contributed by atoms with Crippen molar-refractivity contribution in [2.24, 2.45) is 0 Å². The lowest BCUT2D eigenvalue weighted by Gasteiger charge is -2.08. The van der Waals surface area contributed by atoms with Crippen molar-refractivity contribution >= 4 is 11.0 Å². The molecule has 4 aromatic carbocycles. The Balaban J connectivity index is 1.48. The molecule has 5 nitrogen and oxygen atoms in total. The third-order valence-electron chi connectivity index (χ3n) is 5.83. The molecule has 0 unspecified atom stereocenters. The van der Waals surface area contributed by atoms with Crippen molar-refractivity contribution in [3.8, 4) is 39.6 Å². The molecule has 0 saturated heterocycles. The predicted molar refractivity (Wildman–Crippen MR) is 135 cm³/mol. The van der Waals surface area contributed by atoms with Crippen molar-refractivity contribution in [3.05, 3.63) is 115 Å². The number of nitrogens with zero attached hydrogens (tertiary/aromatic N) is 5. The first-order valence-corrected chi connectivity index (χ1v) is 11.2. The average molecular weight is 440 g/mol. The number of hydrogen-bond donors (Lipinski definition) is 0. The zero-order valence-electron chi connectivity index (χ0n) is 18.6. The van der Waals surface area contributed by atoms with Crippen molar-refractivity contribution in [2.45, 2.75) is 6.92 Å². The van der Waals surface area contributed by atoms with E-state index in [-0.39, 0.29) is 0 Å². The summed E-state index contributed by atoms with van der Waals surface area (Å²) < 4.78 is 1.92. The van der Waals surface area contributed by atoms with Gasteiger partial charge in [-0.05, 0) is 53.9 Å². The van der Waals surface area contributed by atoms with E-state index in [0.717, 1.165) is 33.7 Å². The van der Waals surface area contributed by atoms with Crippen LogP contribution in [0.25, 0.3) is 50.6 Å². The Labute approximate surface area is 197 Å². The lowest BCUT2D eigenvalue weighted by atomic mass is 10.0. The highest BCUT2D eigenvalue weighted by Gasteiger charge is 2.16. The fraction of sp³-hybridized carbons (Fsp3) is 0.0345. The summed E-state index contributed by atoms with van der Waals surface area (Å²) in [5.41, 5.74) is 8.07. The first-order chi connectivity index (χ1) is 16.7. The van der Waals surface area contributed by atoms with Crippen LogP contribution in [0.3, 0.4) is 0 Å². The summed E-state index contributed by atoms with van der Waals surface area (Å²) in [4.78, 5) is 13.8. The summed E-state index contributed by atoms with van der Waals surface area (Å²) in [5.74, 6) is 1.44. The Morgan fingerprint density at radius 1 is 0.588 bits per heavy atom. The third kappa shape index (κ3) is 3.73. The van der Waals surface area contributed by atoms with Crippen LogP contribution in [-0.4, -0.2) is 24.7 Å². The van der Waals surface area contributed by atoms with Crippen LogP contribution in [0.1, 0.15) is 5.56 Å². The SMILES string of the molecule is Cc1cccc(-n2nc(-c3ccc4nccnc4c3)nc2-c2ccc(-c3ccccc3)cc2)c1. The van der Waals surface area contributed by atoms with E-state index in [9.17, 15) is 0 Å². The van der Waals surface area contributed by atoms with Gasteiger partial charge in [-0.1, -0.05) is 66.7 Å². The summed E-state index contributed by atoms with van der Waals surface area (Å²) in [6, 6.07) is 33.1. The van der Waals surface area contributed by atoms with Crippen molar-refractivity contribution in [1.29, 1.82) is 0 Å². The standard InChI is InChI=1S/C29H21N5/c1-20-6-5-9-25(18-20)34-29(23-12-10-22(11-13-23)21-7-3-2-4-8-21)32-28(33-34)24-14-15-26-27(19-24)31-17-16-30-26/h2-19H,1H3. The van der Waals surface area contributed by atoms with Crippen LogP contribution in [-0.2, 0) is 0 Å². The summed E-state index contributed by atoms with van der Waals surface area (Å²) >= 11 is 0. The second-order valence-electron chi connectivity index (χ2n) is 8.21. The molecule has 162 valence electrons. The van der Waals surface area contributed by atoms with Crippen LogP contribution in [0, 0.1) is 6.92 Å². The Bertz CT molecular complexity index is 1600. The fourth-order valence-electron chi connectivity index (χ4n) is 4.11. The molecule has 0 aliphatic rings. The molecule has 0 fully saturated rings. The molecule has 0 saturated carbocycles. The zero-order chi connectivity index (χ0) is 22.9. The van der Waals surface area contributed by atoms with E-state index in [1.807, 2.05) is 35.0 Å². The van der Waals surface area contributed by atoms with E-state index in [0.29, 0.717) is 5.82 Å². The van der Waals surface area contributed by atoms with Crippen LogP contribution in [0.2, 0.25) is 0 Å². The van der Waals surface area contributed by atoms with E-state index in [4.69, 9.17) is 10.1 Å². The molecule has 0 atom stereocenters. The Morgan fingerprint density at radius 2 is 1.29 bits per heavy atom. The molecule has 34 heavy (non-hydrogen) atoms. The molecule has 0 N–H and O–H groups in total. The summed E-state index contributed by atoms with van der Waals surface area (Å²) in [7, 11) is 0. The number of aromatic nitrogens is 5. The third-order valence-corrected chi connectivity index (χ3v) is 5.83. The van der Waals surface area contributed by atoms with Crippen LogP contribution in [0.5, 0.6) is 0 Å². The number of fused-ring (bicyclic) bond motifs is 1. The second kappa shape index (κ2) is 8.37. The molecule has 2 heterocycles. The summed E-state index contributed by atoms with van der Waals surface area (Å²) in [6.45, 7) is 2.08. The molecule has 0 radical (unpaired) electrons. The van der Waals surface area contributed by atoms with Crippen molar-refractivity contribution < 1.29 is 0 Å². The van der Waals surface area contributed by atoms with Crippen molar-refractivity contribution in [2.75, 3.05) is 0 Å². The lowest BCUT2D eigenvalue weighted by Crippen LogP contribution is -2.00. The summed E-state index contributed by atoms with van der Waals surface area (Å²) in [5, 5.41) is 4.91. The quantitative estimate of drug-likeness (QED) is 0.314. The minimum Gasteiger partial charge on any atom is -0.253 e. The molecule has 0 aliphatic carbocycles. The van der Waals surface area contributed by atoms with Gasteiger partial charge in [-0.3, -0.25) is 9.97 Å². The van der Waals surface area contributed by atoms with Crippen LogP contribution >= 0.6 is 0 Å². The lowest BCUT2D eigenvalue weighted by molar-refractivity contribution is 0.889. The normalized spacial score (nSPS) is 11.1. The molecule has 6 rings (SSSR count). The molecule has 0 aliphatic heterocycles. The van der Waals surface area contributed by atoms with Gasteiger partial charge in [-0.2, -0.15) is 0 Å². The molecule has 2 aromatic heterocycles. The number of benzene rings is 4. The van der Waals surface area contributed by atoms with Gasteiger partial charge in [0, 0.05) is 23.5 Å². The first-order valence-electron chi connectivity index (χ1n) is 11.2.